The summed E-state index contributed by atoms with van der Waals surface area (Å²) in [5.74, 6) is -0.899. The molecular formula is C14H23N3O3. The topological polar surface area (TPSA) is 72.9 Å². The van der Waals surface area contributed by atoms with Crippen LogP contribution in [0.1, 0.15) is 39.0 Å². The Hall–Kier alpha value is -1.30. The number of carboxylic acid groups (broad SMARTS) is 1. The van der Waals surface area contributed by atoms with Gasteiger partial charge in [-0.25, -0.2) is 9.59 Å². The predicted octanol–water partition coefficient (Wildman–Crippen LogP) is 0.872. The molecule has 3 rings (SSSR count). The summed E-state index contributed by atoms with van der Waals surface area (Å²) in [5, 5.41) is 12.1. The van der Waals surface area contributed by atoms with Gasteiger partial charge in [-0.1, -0.05) is 0 Å². The lowest BCUT2D eigenvalue weighted by molar-refractivity contribution is -0.148. The summed E-state index contributed by atoms with van der Waals surface area (Å²) in [5.41, 5.74) is -1.01. The van der Waals surface area contributed by atoms with E-state index in [1.165, 1.54) is 6.42 Å². The molecule has 20 heavy (non-hydrogen) atoms. The Bertz CT molecular complexity index is 422. The summed E-state index contributed by atoms with van der Waals surface area (Å²) in [6.07, 6.45) is 4.31. The number of carboxylic acids is 1. The van der Waals surface area contributed by atoms with Crippen molar-refractivity contribution < 1.29 is 14.7 Å². The molecular weight excluding hydrogens is 258 g/mol. The number of amides is 2. The Morgan fingerprint density at radius 1 is 1.25 bits per heavy atom. The summed E-state index contributed by atoms with van der Waals surface area (Å²) < 4.78 is 0. The van der Waals surface area contributed by atoms with Crippen molar-refractivity contribution in [2.75, 3.05) is 19.6 Å². The van der Waals surface area contributed by atoms with Crippen molar-refractivity contribution in [3.8, 4) is 0 Å². The van der Waals surface area contributed by atoms with Gasteiger partial charge in [0.05, 0.1) is 0 Å². The molecule has 1 aliphatic carbocycles. The van der Waals surface area contributed by atoms with Crippen molar-refractivity contribution in [3.05, 3.63) is 0 Å². The molecule has 2 heterocycles. The minimum Gasteiger partial charge on any atom is -0.480 e. The van der Waals surface area contributed by atoms with Crippen molar-refractivity contribution in [2.24, 2.45) is 0 Å². The van der Waals surface area contributed by atoms with Crippen LogP contribution in [0.2, 0.25) is 0 Å². The lowest BCUT2D eigenvalue weighted by Crippen LogP contribution is -2.65. The van der Waals surface area contributed by atoms with Crippen LogP contribution < -0.4 is 5.32 Å². The molecule has 0 aromatic carbocycles. The van der Waals surface area contributed by atoms with Gasteiger partial charge < -0.3 is 15.3 Å². The van der Waals surface area contributed by atoms with Crippen molar-refractivity contribution in [3.63, 3.8) is 0 Å². The second-order valence-electron chi connectivity index (χ2n) is 6.46. The van der Waals surface area contributed by atoms with Crippen molar-refractivity contribution >= 4 is 12.0 Å². The van der Waals surface area contributed by atoms with Gasteiger partial charge in [0, 0.05) is 25.2 Å². The van der Waals surface area contributed by atoms with Gasteiger partial charge in [-0.2, -0.15) is 0 Å². The number of carbonyl (C=O) groups is 2. The monoisotopic (exact) mass is 281 g/mol. The first-order valence-corrected chi connectivity index (χ1v) is 7.58. The molecule has 0 aromatic rings. The molecule has 3 fully saturated rings. The Morgan fingerprint density at radius 3 is 2.60 bits per heavy atom. The zero-order valence-electron chi connectivity index (χ0n) is 12.0. The van der Waals surface area contributed by atoms with Crippen molar-refractivity contribution in [2.45, 2.75) is 56.7 Å². The van der Waals surface area contributed by atoms with Crippen LogP contribution in [0, 0.1) is 0 Å². The zero-order valence-corrected chi connectivity index (χ0v) is 12.0. The van der Waals surface area contributed by atoms with Crippen LogP contribution in [0.4, 0.5) is 4.79 Å². The molecule has 1 saturated carbocycles. The van der Waals surface area contributed by atoms with E-state index in [1.54, 1.807) is 0 Å². The summed E-state index contributed by atoms with van der Waals surface area (Å²) in [6, 6.07) is 0.403. The molecule has 2 unspecified atom stereocenters. The van der Waals surface area contributed by atoms with Gasteiger partial charge in [0.1, 0.15) is 5.54 Å². The maximum absolute atomic E-state index is 12.4. The number of hydrogen-bond donors (Lipinski definition) is 2. The SMILES string of the molecule is CC1CN2CCCC2CN1C(=O)NC1(C(=O)O)CCC1. The first-order valence-electron chi connectivity index (χ1n) is 7.58. The fraction of sp³-hybridized carbons (Fsp3) is 0.857. The fourth-order valence-electron chi connectivity index (χ4n) is 3.67. The number of hydrogen-bond acceptors (Lipinski definition) is 3. The molecule has 0 bridgehead atoms. The van der Waals surface area contributed by atoms with Crippen molar-refractivity contribution in [1.29, 1.82) is 0 Å². The van der Waals surface area contributed by atoms with Crippen LogP contribution in [0.3, 0.4) is 0 Å². The highest BCUT2D eigenvalue weighted by Crippen LogP contribution is 2.33. The number of rotatable bonds is 2. The number of aliphatic carboxylic acids is 1. The predicted molar refractivity (Wildman–Crippen MR) is 73.5 cm³/mol. The summed E-state index contributed by atoms with van der Waals surface area (Å²) in [6.45, 7) is 4.80. The van der Waals surface area contributed by atoms with Gasteiger partial charge >= 0.3 is 12.0 Å². The van der Waals surface area contributed by atoms with E-state index in [0.717, 1.165) is 32.5 Å². The quantitative estimate of drug-likeness (QED) is 0.788. The average molecular weight is 281 g/mol. The molecule has 112 valence electrons. The minimum absolute atomic E-state index is 0.148. The first kappa shape index (κ1) is 13.7. The third-order valence-electron chi connectivity index (χ3n) is 5.16. The Morgan fingerprint density at radius 2 is 2.00 bits per heavy atom. The van der Waals surface area contributed by atoms with E-state index in [1.807, 2.05) is 11.8 Å². The normalized spacial score (nSPS) is 32.4. The Balaban J connectivity index is 1.66. The van der Waals surface area contributed by atoms with Crippen LogP contribution in [-0.2, 0) is 4.79 Å². The number of fused-ring (bicyclic) bond motifs is 1. The summed E-state index contributed by atoms with van der Waals surface area (Å²) in [7, 11) is 0. The number of nitrogens with one attached hydrogen (secondary N) is 1. The highest BCUT2D eigenvalue weighted by Gasteiger charge is 2.47. The van der Waals surface area contributed by atoms with Gasteiger partial charge in [-0.15, -0.1) is 0 Å². The number of nitrogens with zero attached hydrogens (tertiary/aromatic N) is 2. The van der Waals surface area contributed by atoms with Crippen molar-refractivity contribution in [1.82, 2.24) is 15.1 Å². The lowest BCUT2D eigenvalue weighted by Gasteiger charge is -2.45. The highest BCUT2D eigenvalue weighted by molar-refractivity contribution is 5.87. The van der Waals surface area contributed by atoms with Gasteiger partial charge in [0.2, 0.25) is 0 Å². The van der Waals surface area contributed by atoms with E-state index in [2.05, 4.69) is 10.2 Å². The van der Waals surface area contributed by atoms with E-state index in [0.29, 0.717) is 18.9 Å². The van der Waals surface area contributed by atoms with E-state index in [-0.39, 0.29) is 12.1 Å². The van der Waals surface area contributed by atoms with Gasteiger partial charge in [0.15, 0.2) is 0 Å². The molecule has 2 saturated heterocycles. The van der Waals surface area contributed by atoms with Crippen LogP contribution in [0.15, 0.2) is 0 Å². The van der Waals surface area contributed by atoms with E-state index in [4.69, 9.17) is 0 Å². The zero-order chi connectivity index (χ0) is 14.3. The lowest BCUT2D eigenvalue weighted by atomic mass is 9.77. The second-order valence-corrected chi connectivity index (χ2v) is 6.46. The van der Waals surface area contributed by atoms with Crippen LogP contribution in [-0.4, -0.2) is 64.2 Å². The minimum atomic E-state index is -1.01. The largest absolute Gasteiger partial charge is 0.480 e. The molecule has 2 atom stereocenters. The van der Waals surface area contributed by atoms with Gasteiger partial charge in [-0.3, -0.25) is 4.90 Å². The van der Waals surface area contributed by atoms with Crippen LogP contribution in [0.25, 0.3) is 0 Å². The number of piperazine rings is 1. The standard InChI is InChI=1S/C14H23N3O3/c1-10-8-16-7-2-4-11(16)9-17(10)13(20)15-14(12(18)19)5-3-6-14/h10-11H,2-9H2,1H3,(H,15,20)(H,18,19). The molecule has 3 aliphatic rings. The molecule has 2 N–H and O–H groups in total. The number of urea groups is 1. The summed E-state index contributed by atoms with van der Waals surface area (Å²) >= 11 is 0. The first-order chi connectivity index (χ1) is 9.52. The van der Waals surface area contributed by atoms with E-state index >= 15 is 0 Å². The van der Waals surface area contributed by atoms with Crippen LogP contribution in [0.5, 0.6) is 0 Å². The van der Waals surface area contributed by atoms with Gasteiger partial charge in [-0.05, 0) is 45.6 Å². The smallest absolute Gasteiger partial charge is 0.329 e. The summed E-state index contributed by atoms with van der Waals surface area (Å²) in [4.78, 5) is 28.1. The highest BCUT2D eigenvalue weighted by atomic mass is 16.4. The van der Waals surface area contributed by atoms with Crippen LogP contribution >= 0.6 is 0 Å². The molecule has 0 radical (unpaired) electrons. The Kier molecular flexibility index (Phi) is 3.36. The number of carbonyl (C=O) groups excluding carboxylic acids is 1. The molecule has 0 aromatic heterocycles. The van der Waals surface area contributed by atoms with E-state index < -0.39 is 11.5 Å². The maximum atomic E-state index is 12.4. The molecule has 2 amide bonds. The fourth-order valence-corrected chi connectivity index (χ4v) is 3.67. The third kappa shape index (κ3) is 2.16. The maximum Gasteiger partial charge on any atom is 0.329 e. The van der Waals surface area contributed by atoms with E-state index in [9.17, 15) is 14.7 Å². The van der Waals surface area contributed by atoms with Gasteiger partial charge in [0.25, 0.3) is 0 Å². The molecule has 6 heteroatoms. The molecule has 2 aliphatic heterocycles. The molecule has 6 nitrogen and oxygen atoms in total. The average Bonchev–Trinajstić information content (AvgIpc) is 2.78. The Labute approximate surface area is 119 Å². The second kappa shape index (κ2) is 4.91. The third-order valence-corrected chi connectivity index (χ3v) is 5.16. The molecule has 0 spiro atoms.